The van der Waals surface area contributed by atoms with E-state index < -0.39 is 0 Å². The summed E-state index contributed by atoms with van der Waals surface area (Å²) in [5, 5.41) is 7.46. The summed E-state index contributed by atoms with van der Waals surface area (Å²) in [5.74, 6) is 1.56. The molecule has 0 saturated heterocycles. The Morgan fingerprint density at radius 3 is 2.60 bits per heavy atom. The number of para-hydroxylation sites is 1. The molecule has 4 heteroatoms. The van der Waals surface area contributed by atoms with Crippen molar-refractivity contribution in [3.8, 4) is 11.5 Å². The average molecular weight is 270 g/mol. The van der Waals surface area contributed by atoms with Gasteiger partial charge in [0.2, 0.25) is 0 Å². The number of benzene rings is 2. The van der Waals surface area contributed by atoms with Gasteiger partial charge in [0.25, 0.3) is 0 Å². The molecular weight excluding hydrogens is 252 g/mol. The van der Waals surface area contributed by atoms with Crippen molar-refractivity contribution in [3.05, 3.63) is 59.2 Å². The van der Waals surface area contributed by atoms with Gasteiger partial charge in [0.1, 0.15) is 23.9 Å². The highest BCUT2D eigenvalue weighted by Gasteiger charge is 2.06. The Labute approximate surface area is 118 Å². The zero-order valence-electron chi connectivity index (χ0n) is 11.6. The van der Waals surface area contributed by atoms with Gasteiger partial charge in [-0.3, -0.25) is 5.41 Å². The molecule has 0 saturated carbocycles. The van der Waals surface area contributed by atoms with Gasteiger partial charge in [-0.25, -0.2) is 0 Å². The zero-order chi connectivity index (χ0) is 14.5. The number of amidine groups is 1. The van der Waals surface area contributed by atoms with Crippen LogP contribution in [0.5, 0.6) is 11.5 Å². The van der Waals surface area contributed by atoms with Crippen LogP contribution < -0.4 is 15.2 Å². The lowest BCUT2D eigenvalue weighted by atomic mass is 10.1. The van der Waals surface area contributed by atoms with Crippen LogP contribution in [0.1, 0.15) is 16.7 Å². The lowest BCUT2D eigenvalue weighted by Crippen LogP contribution is -2.11. The standard InChI is InChI=1S/C16H18N2O2/c1-11-7-8-12(16(17)18)9-15(11)20-10-13-5-3-4-6-14(13)19-2/h3-9H,10H2,1-2H3,(H3,17,18). The molecule has 0 heterocycles. The molecule has 0 aromatic heterocycles. The number of nitrogen functional groups attached to an aromatic ring is 1. The van der Waals surface area contributed by atoms with Crippen molar-refractivity contribution in [1.29, 1.82) is 5.41 Å². The Morgan fingerprint density at radius 2 is 1.90 bits per heavy atom. The Hall–Kier alpha value is -2.49. The number of nitrogens with one attached hydrogen (secondary N) is 1. The second kappa shape index (κ2) is 6.10. The summed E-state index contributed by atoms with van der Waals surface area (Å²) >= 11 is 0. The fraction of sp³-hybridized carbons (Fsp3) is 0.188. The monoisotopic (exact) mass is 270 g/mol. The van der Waals surface area contributed by atoms with E-state index in [9.17, 15) is 0 Å². The average Bonchev–Trinajstić information content (AvgIpc) is 2.46. The summed E-state index contributed by atoms with van der Waals surface area (Å²) in [6.45, 7) is 2.37. The number of rotatable bonds is 5. The van der Waals surface area contributed by atoms with E-state index in [0.29, 0.717) is 12.2 Å². The third-order valence-corrected chi connectivity index (χ3v) is 3.07. The maximum Gasteiger partial charge on any atom is 0.125 e. The maximum atomic E-state index is 7.46. The molecule has 0 fully saturated rings. The predicted molar refractivity (Wildman–Crippen MR) is 79.5 cm³/mol. The van der Waals surface area contributed by atoms with Crippen LogP contribution in [0.4, 0.5) is 0 Å². The van der Waals surface area contributed by atoms with E-state index in [-0.39, 0.29) is 5.84 Å². The molecule has 0 atom stereocenters. The van der Waals surface area contributed by atoms with Crippen molar-refractivity contribution in [2.24, 2.45) is 5.73 Å². The van der Waals surface area contributed by atoms with Crippen LogP contribution in [-0.4, -0.2) is 12.9 Å². The van der Waals surface area contributed by atoms with Crippen molar-refractivity contribution >= 4 is 5.84 Å². The molecule has 3 N–H and O–H groups in total. The molecule has 0 bridgehead atoms. The van der Waals surface area contributed by atoms with Gasteiger partial charge in [-0.15, -0.1) is 0 Å². The van der Waals surface area contributed by atoms with Gasteiger partial charge in [0, 0.05) is 11.1 Å². The topological polar surface area (TPSA) is 68.3 Å². The molecule has 2 rings (SSSR count). The van der Waals surface area contributed by atoms with Crippen molar-refractivity contribution in [3.63, 3.8) is 0 Å². The van der Waals surface area contributed by atoms with Gasteiger partial charge >= 0.3 is 0 Å². The number of aryl methyl sites for hydroxylation is 1. The highest BCUT2D eigenvalue weighted by Crippen LogP contribution is 2.23. The Bertz CT molecular complexity index is 624. The number of methoxy groups -OCH3 is 1. The van der Waals surface area contributed by atoms with E-state index in [1.54, 1.807) is 13.2 Å². The van der Waals surface area contributed by atoms with Crippen LogP contribution in [-0.2, 0) is 6.61 Å². The zero-order valence-corrected chi connectivity index (χ0v) is 11.6. The molecule has 0 aliphatic rings. The van der Waals surface area contributed by atoms with E-state index in [4.69, 9.17) is 20.6 Å². The SMILES string of the molecule is COc1ccccc1COc1cc(C(=N)N)ccc1C. The summed E-state index contributed by atoms with van der Waals surface area (Å²) in [7, 11) is 1.64. The van der Waals surface area contributed by atoms with Gasteiger partial charge < -0.3 is 15.2 Å². The van der Waals surface area contributed by atoms with E-state index in [1.807, 2.05) is 43.3 Å². The Balaban J connectivity index is 2.18. The quantitative estimate of drug-likeness (QED) is 0.648. The van der Waals surface area contributed by atoms with Crippen LogP contribution >= 0.6 is 0 Å². The number of hydrogen-bond donors (Lipinski definition) is 2. The maximum absolute atomic E-state index is 7.46. The minimum absolute atomic E-state index is 0.0344. The predicted octanol–water partition coefficient (Wildman–Crippen LogP) is 2.87. The second-order valence-electron chi connectivity index (χ2n) is 4.49. The summed E-state index contributed by atoms with van der Waals surface area (Å²) in [4.78, 5) is 0. The summed E-state index contributed by atoms with van der Waals surface area (Å²) in [6.07, 6.45) is 0. The van der Waals surface area contributed by atoms with Gasteiger partial charge in [-0.05, 0) is 24.6 Å². The number of ether oxygens (including phenoxy) is 2. The van der Waals surface area contributed by atoms with Crippen molar-refractivity contribution in [2.45, 2.75) is 13.5 Å². The molecular formula is C16H18N2O2. The highest BCUT2D eigenvalue weighted by atomic mass is 16.5. The fourth-order valence-corrected chi connectivity index (χ4v) is 1.90. The van der Waals surface area contributed by atoms with Gasteiger partial charge in [0.15, 0.2) is 0 Å². The first-order valence-electron chi connectivity index (χ1n) is 6.31. The molecule has 20 heavy (non-hydrogen) atoms. The van der Waals surface area contributed by atoms with Crippen LogP contribution in [0.25, 0.3) is 0 Å². The summed E-state index contributed by atoms with van der Waals surface area (Å²) in [5.41, 5.74) is 8.13. The lowest BCUT2D eigenvalue weighted by molar-refractivity contribution is 0.295. The molecule has 4 nitrogen and oxygen atoms in total. The van der Waals surface area contributed by atoms with Crippen LogP contribution in [0.2, 0.25) is 0 Å². The van der Waals surface area contributed by atoms with Gasteiger partial charge in [0.05, 0.1) is 7.11 Å². The Morgan fingerprint density at radius 1 is 1.15 bits per heavy atom. The molecule has 2 aromatic rings. The molecule has 0 aliphatic carbocycles. The first-order valence-corrected chi connectivity index (χ1v) is 6.31. The fourth-order valence-electron chi connectivity index (χ4n) is 1.90. The number of hydrogen-bond acceptors (Lipinski definition) is 3. The minimum atomic E-state index is 0.0344. The molecule has 0 aliphatic heterocycles. The third-order valence-electron chi connectivity index (χ3n) is 3.07. The normalized spacial score (nSPS) is 10.1. The molecule has 0 spiro atoms. The van der Waals surface area contributed by atoms with Crippen LogP contribution in [0.3, 0.4) is 0 Å². The smallest absolute Gasteiger partial charge is 0.125 e. The van der Waals surface area contributed by atoms with Crippen LogP contribution in [0, 0.1) is 12.3 Å². The van der Waals surface area contributed by atoms with E-state index in [1.165, 1.54) is 0 Å². The molecule has 0 amide bonds. The summed E-state index contributed by atoms with van der Waals surface area (Å²) in [6, 6.07) is 13.2. The molecule has 0 unspecified atom stereocenters. The third kappa shape index (κ3) is 3.09. The van der Waals surface area contributed by atoms with E-state index >= 15 is 0 Å². The van der Waals surface area contributed by atoms with Crippen LogP contribution in [0.15, 0.2) is 42.5 Å². The van der Waals surface area contributed by atoms with Crippen molar-refractivity contribution in [1.82, 2.24) is 0 Å². The first-order chi connectivity index (χ1) is 9.61. The molecule has 2 aromatic carbocycles. The van der Waals surface area contributed by atoms with E-state index in [2.05, 4.69) is 0 Å². The van der Waals surface area contributed by atoms with Gasteiger partial charge in [-0.1, -0.05) is 30.3 Å². The largest absolute Gasteiger partial charge is 0.496 e. The molecule has 104 valence electrons. The molecule has 0 radical (unpaired) electrons. The minimum Gasteiger partial charge on any atom is -0.496 e. The summed E-state index contributed by atoms with van der Waals surface area (Å²) < 4.78 is 11.1. The first kappa shape index (κ1) is 13.9. The Kier molecular flexibility index (Phi) is 4.25. The lowest BCUT2D eigenvalue weighted by Gasteiger charge is -2.12. The second-order valence-corrected chi connectivity index (χ2v) is 4.49. The van der Waals surface area contributed by atoms with Crippen molar-refractivity contribution < 1.29 is 9.47 Å². The van der Waals surface area contributed by atoms with Crippen molar-refractivity contribution in [2.75, 3.05) is 7.11 Å². The number of nitrogens with two attached hydrogens (primary N) is 1. The van der Waals surface area contributed by atoms with Gasteiger partial charge in [-0.2, -0.15) is 0 Å². The highest BCUT2D eigenvalue weighted by molar-refractivity contribution is 5.95. The van der Waals surface area contributed by atoms with E-state index in [0.717, 1.165) is 22.6 Å².